The minimum atomic E-state index is -2.34. The average molecular weight is 243 g/mol. The van der Waals surface area contributed by atoms with Crippen LogP contribution >= 0.6 is 0 Å². The molecule has 0 aliphatic carbocycles. The fourth-order valence-electron chi connectivity index (χ4n) is 1.60. The van der Waals surface area contributed by atoms with Crippen LogP contribution in [-0.4, -0.2) is 63.6 Å². The molecule has 2 aliphatic rings. The van der Waals surface area contributed by atoms with E-state index in [4.69, 9.17) is 16.9 Å². The highest BCUT2D eigenvalue weighted by Gasteiger charge is 2.45. The zero-order valence-corrected chi connectivity index (χ0v) is 8.89. The smallest absolute Gasteiger partial charge is 0.223 e. The molecular formula is C9H14N4O4. The quantitative estimate of drug-likeness (QED) is 0.427. The second kappa shape index (κ2) is 4.41. The normalized spacial score (nSPS) is 42.6. The van der Waals surface area contributed by atoms with E-state index in [2.05, 4.69) is 16.6 Å². The van der Waals surface area contributed by atoms with Crippen LogP contribution in [0.25, 0.3) is 0 Å². The molecule has 8 heteroatoms. The second-order valence-corrected chi connectivity index (χ2v) is 3.62. The SMILES string of the molecule is [2H][C@]1(O)C(O)[C@@H](CO)O[C@H]1N1C=NC(N)=NC1=C. The number of rotatable bonds is 2. The van der Waals surface area contributed by atoms with E-state index in [-0.39, 0.29) is 11.8 Å². The van der Waals surface area contributed by atoms with Crippen LogP contribution in [-0.2, 0) is 4.74 Å². The van der Waals surface area contributed by atoms with Crippen LogP contribution in [0.1, 0.15) is 1.37 Å². The molecule has 0 radical (unpaired) electrons. The van der Waals surface area contributed by atoms with Gasteiger partial charge >= 0.3 is 0 Å². The van der Waals surface area contributed by atoms with E-state index in [1.807, 2.05) is 0 Å². The Bertz CT molecular complexity index is 425. The van der Waals surface area contributed by atoms with Gasteiger partial charge in [-0.3, -0.25) is 4.90 Å². The molecule has 0 aromatic rings. The highest BCUT2D eigenvalue weighted by molar-refractivity contribution is 5.89. The summed E-state index contributed by atoms with van der Waals surface area (Å²) in [5.41, 5.74) is 5.36. The van der Waals surface area contributed by atoms with Crippen molar-refractivity contribution in [2.75, 3.05) is 6.61 Å². The highest BCUT2D eigenvalue weighted by atomic mass is 16.6. The van der Waals surface area contributed by atoms with E-state index < -0.39 is 31.1 Å². The van der Waals surface area contributed by atoms with Crippen molar-refractivity contribution < 1.29 is 21.4 Å². The van der Waals surface area contributed by atoms with Crippen molar-refractivity contribution in [3.8, 4) is 0 Å². The molecule has 5 N–H and O–H groups in total. The summed E-state index contributed by atoms with van der Waals surface area (Å²) in [7, 11) is 0. The van der Waals surface area contributed by atoms with Gasteiger partial charge in [0.2, 0.25) is 5.96 Å². The Morgan fingerprint density at radius 1 is 1.65 bits per heavy atom. The first-order valence-electron chi connectivity index (χ1n) is 5.40. The molecule has 2 aliphatic heterocycles. The molecule has 94 valence electrons. The molecule has 2 heterocycles. The number of nitrogens with zero attached hydrogens (tertiary/aromatic N) is 3. The zero-order chi connectivity index (χ0) is 13.5. The average Bonchev–Trinajstić information content (AvgIpc) is 2.52. The maximum atomic E-state index is 9.92. The summed E-state index contributed by atoms with van der Waals surface area (Å²) >= 11 is 0. The van der Waals surface area contributed by atoms with Gasteiger partial charge < -0.3 is 25.8 Å². The third kappa shape index (κ3) is 2.03. The molecule has 1 saturated heterocycles. The number of aliphatic hydroxyl groups excluding tert-OH is 2. The number of guanidine groups is 1. The van der Waals surface area contributed by atoms with Crippen molar-refractivity contribution >= 4 is 12.3 Å². The van der Waals surface area contributed by atoms with E-state index in [1.54, 1.807) is 0 Å². The summed E-state index contributed by atoms with van der Waals surface area (Å²) < 4.78 is 12.9. The van der Waals surface area contributed by atoms with E-state index in [0.717, 1.165) is 0 Å². The molecule has 0 spiro atoms. The highest BCUT2D eigenvalue weighted by Crippen LogP contribution is 2.26. The van der Waals surface area contributed by atoms with Crippen molar-refractivity contribution in [2.24, 2.45) is 15.7 Å². The largest absolute Gasteiger partial charge is 0.394 e. The minimum Gasteiger partial charge on any atom is -0.394 e. The molecule has 1 unspecified atom stereocenters. The van der Waals surface area contributed by atoms with Gasteiger partial charge in [0.15, 0.2) is 6.23 Å². The number of nitrogens with two attached hydrogens (primary N) is 1. The molecule has 17 heavy (non-hydrogen) atoms. The van der Waals surface area contributed by atoms with Gasteiger partial charge in [-0.25, -0.2) is 4.99 Å². The van der Waals surface area contributed by atoms with E-state index >= 15 is 0 Å². The predicted molar refractivity (Wildman–Crippen MR) is 58.9 cm³/mol. The molecular weight excluding hydrogens is 228 g/mol. The van der Waals surface area contributed by atoms with Gasteiger partial charge in [-0.1, -0.05) is 6.58 Å². The maximum Gasteiger partial charge on any atom is 0.223 e. The van der Waals surface area contributed by atoms with Crippen LogP contribution in [0.3, 0.4) is 0 Å². The summed E-state index contributed by atoms with van der Waals surface area (Å²) in [5.74, 6) is 0.103. The summed E-state index contributed by atoms with van der Waals surface area (Å²) in [6.45, 7) is 3.05. The van der Waals surface area contributed by atoms with Crippen molar-refractivity contribution in [3.63, 3.8) is 0 Å². The van der Waals surface area contributed by atoms with Gasteiger partial charge in [0.25, 0.3) is 0 Å². The molecule has 8 nitrogen and oxygen atoms in total. The van der Waals surface area contributed by atoms with Crippen molar-refractivity contribution in [1.29, 1.82) is 0 Å². The summed E-state index contributed by atoms with van der Waals surface area (Å²) in [4.78, 5) is 8.63. The number of aliphatic hydroxyl groups is 3. The fourth-order valence-corrected chi connectivity index (χ4v) is 1.60. The lowest BCUT2D eigenvalue weighted by Crippen LogP contribution is -2.44. The monoisotopic (exact) mass is 243 g/mol. The zero-order valence-electron chi connectivity index (χ0n) is 9.89. The van der Waals surface area contributed by atoms with Crippen molar-refractivity contribution in [3.05, 3.63) is 12.4 Å². The molecule has 0 aromatic heterocycles. The minimum absolute atomic E-state index is 0.0120. The van der Waals surface area contributed by atoms with Gasteiger partial charge in [-0.05, 0) is 0 Å². The molecule has 1 fully saturated rings. The lowest BCUT2D eigenvalue weighted by Gasteiger charge is -2.29. The first-order valence-corrected chi connectivity index (χ1v) is 4.90. The lowest BCUT2D eigenvalue weighted by atomic mass is 10.1. The Morgan fingerprint density at radius 2 is 2.35 bits per heavy atom. The Morgan fingerprint density at radius 3 is 2.88 bits per heavy atom. The van der Waals surface area contributed by atoms with Crippen molar-refractivity contribution in [1.82, 2.24) is 4.90 Å². The molecule has 0 bridgehead atoms. The van der Waals surface area contributed by atoms with Crippen LogP contribution in [0.2, 0.25) is 0 Å². The van der Waals surface area contributed by atoms with Crippen LogP contribution in [0.15, 0.2) is 22.4 Å². The van der Waals surface area contributed by atoms with Gasteiger partial charge in [-0.2, -0.15) is 4.99 Å². The van der Waals surface area contributed by atoms with Gasteiger partial charge in [0, 0.05) is 0 Å². The van der Waals surface area contributed by atoms with E-state index in [9.17, 15) is 10.2 Å². The number of hydrogen-bond donors (Lipinski definition) is 4. The van der Waals surface area contributed by atoms with Gasteiger partial charge in [0.05, 0.1) is 7.98 Å². The molecule has 0 amide bonds. The Labute approximate surface area is 98.7 Å². The summed E-state index contributed by atoms with van der Waals surface area (Å²) in [5, 5.41) is 28.6. The second-order valence-electron chi connectivity index (χ2n) is 3.62. The van der Waals surface area contributed by atoms with E-state index in [0.29, 0.717) is 0 Å². The van der Waals surface area contributed by atoms with Gasteiger partial charge in [0.1, 0.15) is 30.4 Å². The Hall–Kier alpha value is -1.48. The number of ether oxygens (including phenoxy) is 1. The molecule has 0 saturated carbocycles. The lowest BCUT2D eigenvalue weighted by molar-refractivity contribution is -0.0607. The fraction of sp³-hybridized carbons (Fsp3) is 0.556. The first kappa shape index (κ1) is 10.7. The maximum absolute atomic E-state index is 9.92. The Kier molecular flexibility index (Phi) is 2.77. The van der Waals surface area contributed by atoms with Crippen LogP contribution in [0.5, 0.6) is 0 Å². The van der Waals surface area contributed by atoms with Crippen molar-refractivity contribution in [2.45, 2.75) is 24.5 Å². The third-order valence-electron chi connectivity index (χ3n) is 2.50. The topological polar surface area (TPSA) is 124 Å². The standard InChI is InChI=1S/C9H14N4O4/c1-4-12-9(10)11-3-13(4)8-7(16)6(15)5(2-14)17-8/h3,5-8,14-16H,1-2H2,(H2,10,12)/t5-,6?,7+,8-/m1/s1/i7D. The third-order valence-corrected chi connectivity index (χ3v) is 2.50. The van der Waals surface area contributed by atoms with E-state index in [1.165, 1.54) is 11.2 Å². The van der Waals surface area contributed by atoms with Crippen LogP contribution in [0.4, 0.5) is 0 Å². The summed E-state index contributed by atoms with van der Waals surface area (Å²) in [6, 6.07) is 0. The molecule has 4 atom stereocenters. The first-order chi connectivity index (χ1) is 8.37. The molecule has 2 rings (SSSR count). The predicted octanol–water partition coefficient (Wildman–Crippen LogP) is -2.44. The molecule has 0 aromatic carbocycles. The van der Waals surface area contributed by atoms with Crippen LogP contribution in [0, 0.1) is 0 Å². The van der Waals surface area contributed by atoms with Crippen LogP contribution < -0.4 is 5.73 Å². The van der Waals surface area contributed by atoms with Gasteiger partial charge in [-0.15, -0.1) is 0 Å². The number of aliphatic imine (C=N–C) groups is 2. The Balaban J connectivity index is 2.25. The summed E-state index contributed by atoms with van der Waals surface area (Å²) in [6.07, 6.45) is -5.05. The number of hydrogen-bond acceptors (Lipinski definition) is 8.